The van der Waals surface area contributed by atoms with Crippen molar-refractivity contribution < 1.29 is 9.13 Å². The molecule has 0 aliphatic heterocycles. The Labute approximate surface area is 192 Å². The van der Waals surface area contributed by atoms with Crippen molar-refractivity contribution in [1.82, 2.24) is 4.98 Å². The number of hydrogen-bond donors (Lipinski definition) is 1. The van der Waals surface area contributed by atoms with Gasteiger partial charge in [-0.3, -0.25) is 4.98 Å². The minimum Gasteiger partial charge on any atom is -0.457 e. The molecule has 5 aromatic rings. The normalized spacial score (nSPS) is 11.0. The van der Waals surface area contributed by atoms with E-state index in [1.807, 2.05) is 36.4 Å². The van der Waals surface area contributed by atoms with Gasteiger partial charge < -0.3 is 10.1 Å². The van der Waals surface area contributed by atoms with E-state index in [4.69, 9.17) is 4.74 Å². The van der Waals surface area contributed by atoms with Crippen LogP contribution in [0.5, 0.6) is 11.5 Å². The van der Waals surface area contributed by atoms with Gasteiger partial charge in [-0.25, -0.2) is 4.39 Å². The fourth-order valence-electron chi connectivity index (χ4n) is 3.96. The summed E-state index contributed by atoms with van der Waals surface area (Å²) in [5.74, 6) is 1.26. The number of anilines is 1. The molecule has 4 heteroatoms. The number of aryl methyl sites for hydroxylation is 2. The highest BCUT2D eigenvalue weighted by Crippen LogP contribution is 2.33. The summed E-state index contributed by atoms with van der Waals surface area (Å²) >= 11 is 0. The smallest absolute Gasteiger partial charge is 0.138 e. The molecule has 0 saturated heterocycles. The number of nitrogens with zero attached hydrogens (tertiary/aromatic N) is 1. The van der Waals surface area contributed by atoms with Crippen LogP contribution in [0.1, 0.15) is 16.7 Å². The second-order valence-electron chi connectivity index (χ2n) is 8.16. The van der Waals surface area contributed by atoms with Gasteiger partial charge in [-0.05, 0) is 96.4 Å². The lowest BCUT2D eigenvalue weighted by molar-refractivity contribution is 0.488. The molecule has 0 aliphatic rings. The van der Waals surface area contributed by atoms with Gasteiger partial charge in [-0.2, -0.15) is 0 Å². The van der Waals surface area contributed by atoms with E-state index < -0.39 is 0 Å². The monoisotopic (exact) mass is 434 g/mol. The lowest BCUT2D eigenvalue weighted by Gasteiger charge is -2.14. The lowest BCUT2D eigenvalue weighted by atomic mass is 10.0. The van der Waals surface area contributed by atoms with Crippen molar-refractivity contribution in [3.05, 3.63) is 114 Å². The highest BCUT2D eigenvalue weighted by atomic mass is 19.1. The van der Waals surface area contributed by atoms with Crippen molar-refractivity contribution in [1.29, 1.82) is 0 Å². The number of halogens is 1. The number of aromatic nitrogens is 1. The summed E-state index contributed by atoms with van der Waals surface area (Å²) in [5, 5.41) is 6.35. The summed E-state index contributed by atoms with van der Waals surface area (Å²) in [5.41, 5.74) is 5.83. The molecule has 0 amide bonds. The van der Waals surface area contributed by atoms with Crippen molar-refractivity contribution in [2.45, 2.75) is 13.8 Å². The zero-order valence-corrected chi connectivity index (χ0v) is 18.5. The first-order valence-corrected chi connectivity index (χ1v) is 10.8. The predicted octanol–water partition coefficient (Wildman–Crippen LogP) is 8.02. The number of ether oxygens (including phenoxy) is 1. The Morgan fingerprint density at radius 3 is 2.48 bits per heavy atom. The maximum absolute atomic E-state index is 13.2. The standard InChI is InChI=1S/C29H23FN2O/c1-18-15-27-28(16-19(18)2)31-14-13-29(27)33-24-11-12-26-21(17-24)5-4-6-25(26)20(3)32-23-9-7-22(30)8-10-23/h4-17,32H,3H2,1-2H3. The van der Waals surface area contributed by atoms with E-state index in [9.17, 15) is 4.39 Å². The number of pyridine rings is 1. The molecule has 0 aliphatic carbocycles. The van der Waals surface area contributed by atoms with Gasteiger partial charge in [-0.15, -0.1) is 0 Å². The fourth-order valence-corrected chi connectivity index (χ4v) is 3.96. The molecule has 0 bridgehead atoms. The van der Waals surface area contributed by atoms with Crippen molar-refractivity contribution >= 4 is 33.1 Å². The van der Waals surface area contributed by atoms with Crippen molar-refractivity contribution in [3.63, 3.8) is 0 Å². The van der Waals surface area contributed by atoms with E-state index >= 15 is 0 Å². The highest BCUT2D eigenvalue weighted by molar-refractivity contribution is 5.96. The summed E-state index contributed by atoms with van der Waals surface area (Å²) < 4.78 is 19.5. The van der Waals surface area contributed by atoms with E-state index in [0.717, 1.165) is 50.1 Å². The van der Waals surface area contributed by atoms with E-state index in [1.54, 1.807) is 18.3 Å². The molecular weight excluding hydrogens is 411 g/mol. The van der Waals surface area contributed by atoms with Gasteiger partial charge in [0.1, 0.15) is 17.3 Å². The summed E-state index contributed by atoms with van der Waals surface area (Å²) in [7, 11) is 0. The molecule has 3 nitrogen and oxygen atoms in total. The van der Waals surface area contributed by atoms with Crippen LogP contribution in [0.4, 0.5) is 10.1 Å². The highest BCUT2D eigenvalue weighted by Gasteiger charge is 2.10. The maximum Gasteiger partial charge on any atom is 0.138 e. The number of benzene rings is 4. The molecule has 0 saturated carbocycles. The lowest BCUT2D eigenvalue weighted by Crippen LogP contribution is -1.98. The molecule has 4 aromatic carbocycles. The van der Waals surface area contributed by atoms with Crippen LogP contribution in [0.25, 0.3) is 27.4 Å². The number of nitrogens with one attached hydrogen (secondary N) is 1. The Morgan fingerprint density at radius 2 is 1.67 bits per heavy atom. The zero-order chi connectivity index (χ0) is 22.9. The van der Waals surface area contributed by atoms with Crippen LogP contribution in [0.15, 0.2) is 91.6 Å². The molecule has 1 heterocycles. The van der Waals surface area contributed by atoms with Crippen LogP contribution < -0.4 is 10.1 Å². The van der Waals surface area contributed by atoms with Crippen molar-refractivity contribution in [2.24, 2.45) is 0 Å². The largest absolute Gasteiger partial charge is 0.457 e. The van der Waals surface area contributed by atoms with Crippen LogP contribution in [0.3, 0.4) is 0 Å². The molecular formula is C29H23FN2O. The first-order valence-electron chi connectivity index (χ1n) is 10.8. The van der Waals surface area contributed by atoms with Crippen LogP contribution in [0, 0.1) is 19.7 Å². The molecule has 1 aromatic heterocycles. The Bertz CT molecular complexity index is 1510. The molecule has 0 unspecified atom stereocenters. The van der Waals surface area contributed by atoms with Gasteiger partial charge in [0.25, 0.3) is 0 Å². The van der Waals surface area contributed by atoms with E-state index in [1.165, 1.54) is 23.3 Å². The summed E-state index contributed by atoms with van der Waals surface area (Å²) in [4.78, 5) is 4.49. The number of hydrogen-bond acceptors (Lipinski definition) is 3. The Balaban J connectivity index is 1.46. The summed E-state index contributed by atoms with van der Waals surface area (Å²) in [6, 6.07) is 24.4. The van der Waals surface area contributed by atoms with Crippen LogP contribution in [-0.4, -0.2) is 4.98 Å². The molecule has 0 fully saturated rings. The Kier molecular flexibility index (Phi) is 5.27. The predicted molar refractivity (Wildman–Crippen MR) is 134 cm³/mol. The molecule has 0 spiro atoms. The average molecular weight is 435 g/mol. The maximum atomic E-state index is 13.2. The Morgan fingerprint density at radius 1 is 0.879 bits per heavy atom. The van der Waals surface area contributed by atoms with E-state index in [0.29, 0.717) is 0 Å². The molecule has 0 atom stereocenters. The molecule has 33 heavy (non-hydrogen) atoms. The van der Waals surface area contributed by atoms with Crippen molar-refractivity contribution in [3.8, 4) is 11.5 Å². The molecule has 162 valence electrons. The first kappa shape index (κ1) is 20.7. The minimum absolute atomic E-state index is 0.267. The van der Waals surface area contributed by atoms with Gasteiger partial charge in [0.05, 0.1) is 5.52 Å². The van der Waals surface area contributed by atoms with Gasteiger partial charge in [0.2, 0.25) is 0 Å². The van der Waals surface area contributed by atoms with Gasteiger partial charge >= 0.3 is 0 Å². The van der Waals surface area contributed by atoms with E-state index in [2.05, 4.69) is 48.9 Å². The Hall–Kier alpha value is -4.18. The number of rotatable bonds is 5. The quantitative estimate of drug-likeness (QED) is 0.304. The second-order valence-corrected chi connectivity index (χ2v) is 8.16. The summed E-state index contributed by atoms with van der Waals surface area (Å²) in [6.07, 6.45) is 1.77. The van der Waals surface area contributed by atoms with Gasteiger partial charge in [0, 0.05) is 28.5 Å². The molecule has 1 N–H and O–H groups in total. The zero-order valence-electron chi connectivity index (χ0n) is 18.5. The van der Waals surface area contributed by atoms with Gasteiger partial charge in [0.15, 0.2) is 0 Å². The van der Waals surface area contributed by atoms with Crippen LogP contribution in [0.2, 0.25) is 0 Å². The third-order valence-corrected chi connectivity index (χ3v) is 5.86. The third kappa shape index (κ3) is 4.15. The van der Waals surface area contributed by atoms with Crippen molar-refractivity contribution in [2.75, 3.05) is 5.32 Å². The average Bonchev–Trinajstić information content (AvgIpc) is 2.81. The molecule has 5 rings (SSSR count). The fraction of sp³-hybridized carbons (Fsp3) is 0.0690. The van der Waals surface area contributed by atoms with Crippen LogP contribution in [-0.2, 0) is 0 Å². The SMILES string of the molecule is C=C(Nc1ccc(F)cc1)c1cccc2cc(Oc3ccnc4cc(C)c(C)cc34)ccc12. The van der Waals surface area contributed by atoms with Crippen LogP contribution >= 0.6 is 0 Å². The minimum atomic E-state index is -0.267. The molecule has 0 radical (unpaired) electrons. The summed E-state index contributed by atoms with van der Waals surface area (Å²) in [6.45, 7) is 8.37. The first-order chi connectivity index (χ1) is 16.0. The second kappa shape index (κ2) is 8.40. The topological polar surface area (TPSA) is 34.1 Å². The van der Waals surface area contributed by atoms with Gasteiger partial charge in [-0.1, -0.05) is 24.8 Å². The number of fused-ring (bicyclic) bond motifs is 2. The van der Waals surface area contributed by atoms with E-state index in [-0.39, 0.29) is 5.82 Å². The third-order valence-electron chi connectivity index (χ3n) is 5.86.